The van der Waals surface area contributed by atoms with Crippen molar-refractivity contribution in [2.75, 3.05) is 12.4 Å². The second-order valence-electron chi connectivity index (χ2n) is 5.53. The third-order valence-corrected chi connectivity index (χ3v) is 4.78. The Hall–Kier alpha value is -3.23. The number of halogens is 1. The Bertz CT molecular complexity index is 1060. The lowest BCUT2D eigenvalue weighted by Crippen LogP contribution is -2.07. The molecule has 0 aliphatic carbocycles. The van der Waals surface area contributed by atoms with E-state index in [1.807, 2.05) is 6.07 Å². The largest absolute Gasteiger partial charge is 0.495 e. The highest BCUT2D eigenvalue weighted by Crippen LogP contribution is 2.31. The van der Waals surface area contributed by atoms with Crippen LogP contribution in [0.15, 0.2) is 53.9 Å². The van der Waals surface area contributed by atoms with Gasteiger partial charge in [0.15, 0.2) is 5.13 Å². The number of carbonyl (C=O) groups excluding carboxylic acids is 1. The maximum Gasteiger partial charge on any atom is 0.276 e. The van der Waals surface area contributed by atoms with Crippen molar-refractivity contribution < 1.29 is 14.5 Å². The van der Waals surface area contributed by atoms with Crippen LogP contribution in [0.4, 0.5) is 10.8 Å². The van der Waals surface area contributed by atoms with Gasteiger partial charge in [0.05, 0.1) is 28.3 Å². The van der Waals surface area contributed by atoms with Crippen molar-refractivity contribution in [1.82, 2.24) is 4.98 Å². The average Bonchev–Trinajstić information content (AvgIpc) is 3.15. The lowest BCUT2D eigenvalue weighted by atomic mass is 10.1. The molecule has 1 N–H and O–H groups in total. The van der Waals surface area contributed by atoms with Crippen LogP contribution in [0, 0.1) is 10.1 Å². The first kappa shape index (κ1) is 19.5. The van der Waals surface area contributed by atoms with Crippen LogP contribution in [-0.2, 0) is 4.79 Å². The predicted molar refractivity (Wildman–Crippen MR) is 110 cm³/mol. The number of nitro benzene ring substituents is 1. The summed E-state index contributed by atoms with van der Waals surface area (Å²) in [6.07, 6.45) is 2.62. The molecule has 142 valence electrons. The smallest absolute Gasteiger partial charge is 0.276 e. The summed E-state index contributed by atoms with van der Waals surface area (Å²) >= 11 is 7.39. The third-order valence-electron chi connectivity index (χ3n) is 3.73. The van der Waals surface area contributed by atoms with E-state index in [-0.39, 0.29) is 5.69 Å². The highest BCUT2D eigenvalue weighted by atomic mass is 35.5. The van der Waals surface area contributed by atoms with Gasteiger partial charge in [0.2, 0.25) is 5.91 Å². The molecule has 0 fully saturated rings. The van der Waals surface area contributed by atoms with Crippen LogP contribution >= 0.6 is 22.9 Å². The second-order valence-corrected chi connectivity index (χ2v) is 6.79. The molecular weight excluding hydrogens is 402 g/mol. The standard InChI is InChI=1S/C19H14ClN3O4S/c1-27-17-8-6-13(10-14(17)20)15-11-28-19(21-15)22-18(24)9-7-12-4-2-3-5-16(12)23(25)26/h2-11H,1H3,(H,21,22,24)/b9-7+. The number of carbonyl (C=O) groups is 1. The summed E-state index contributed by atoms with van der Waals surface area (Å²) in [4.78, 5) is 27.0. The number of methoxy groups -OCH3 is 1. The van der Waals surface area contributed by atoms with E-state index in [9.17, 15) is 14.9 Å². The molecule has 7 nitrogen and oxygen atoms in total. The molecule has 0 bridgehead atoms. The van der Waals surface area contributed by atoms with Crippen LogP contribution in [0.25, 0.3) is 17.3 Å². The molecule has 1 aromatic heterocycles. The van der Waals surface area contributed by atoms with E-state index in [2.05, 4.69) is 10.3 Å². The number of thiazole rings is 1. The monoisotopic (exact) mass is 415 g/mol. The molecule has 0 spiro atoms. The fraction of sp³-hybridized carbons (Fsp3) is 0.0526. The summed E-state index contributed by atoms with van der Waals surface area (Å²) in [5.41, 5.74) is 1.72. The zero-order valence-electron chi connectivity index (χ0n) is 14.6. The quantitative estimate of drug-likeness (QED) is 0.346. The van der Waals surface area contributed by atoms with Crippen molar-refractivity contribution >= 4 is 45.7 Å². The van der Waals surface area contributed by atoms with Crippen LogP contribution < -0.4 is 10.1 Å². The van der Waals surface area contributed by atoms with Gasteiger partial charge in [-0.2, -0.15) is 0 Å². The number of ether oxygens (including phenoxy) is 1. The maximum atomic E-state index is 12.1. The molecule has 0 atom stereocenters. The lowest BCUT2D eigenvalue weighted by Gasteiger charge is -2.04. The summed E-state index contributed by atoms with van der Waals surface area (Å²) in [6.45, 7) is 0. The number of hydrogen-bond donors (Lipinski definition) is 1. The van der Waals surface area contributed by atoms with Gasteiger partial charge in [-0.3, -0.25) is 20.2 Å². The van der Waals surface area contributed by atoms with Crippen molar-refractivity contribution in [1.29, 1.82) is 0 Å². The van der Waals surface area contributed by atoms with Crippen molar-refractivity contribution in [2.45, 2.75) is 0 Å². The fourth-order valence-electron chi connectivity index (χ4n) is 2.40. The average molecular weight is 416 g/mol. The molecule has 1 heterocycles. The van der Waals surface area contributed by atoms with Gasteiger partial charge in [-0.05, 0) is 30.3 Å². The number of anilines is 1. The van der Waals surface area contributed by atoms with E-state index in [0.717, 1.165) is 5.56 Å². The van der Waals surface area contributed by atoms with Crippen molar-refractivity contribution in [3.8, 4) is 17.0 Å². The minimum Gasteiger partial charge on any atom is -0.495 e. The Labute approximate surface area is 169 Å². The molecule has 3 rings (SSSR count). The van der Waals surface area contributed by atoms with Crippen molar-refractivity contribution in [2.24, 2.45) is 0 Å². The third kappa shape index (κ3) is 4.54. The topological polar surface area (TPSA) is 94.4 Å². The van der Waals surface area contributed by atoms with Gasteiger partial charge >= 0.3 is 0 Å². The van der Waals surface area contributed by atoms with Gasteiger partial charge in [-0.1, -0.05) is 23.7 Å². The Balaban J connectivity index is 1.71. The number of amides is 1. The van der Waals surface area contributed by atoms with Crippen LogP contribution in [-0.4, -0.2) is 22.9 Å². The molecule has 0 saturated heterocycles. The van der Waals surface area contributed by atoms with Gasteiger partial charge in [-0.15, -0.1) is 11.3 Å². The number of aromatic nitrogens is 1. The summed E-state index contributed by atoms with van der Waals surface area (Å²) < 4.78 is 5.12. The highest BCUT2D eigenvalue weighted by molar-refractivity contribution is 7.14. The van der Waals surface area contributed by atoms with Crippen molar-refractivity contribution in [3.63, 3.8) is 0 Å². The molecular formula is C19H14ClN3O4S. The van der Waals surface area contributed by atoms with E-state index < -0.39 is 10.8 Å². The lowest BCUT2D eigenvalue weighted by molar-refractivity contribution is -0.385. The minimum absolute atomic E-state index is 0.0699. The van der Waals surface area contributed by atoms with E-state index in [1.165, 1.54) is 36.7 Å². The molecule has 2 aromatic carbocycles. The Morgan fingerprint density at radius 2 is 2.11 bits per heavy atom. The van der Waals surface area contributed by atoms with E-state index in [4.69, 9.17) is 16.3 Å². The Morgan fingerprint density at radius 3 is 2.82 bits per heavy atom. The molecule has 1 amide bonds. The van der Waals surface area contributed by atoms with Gasteiger partial charge < -0.3 is 4.74 Å². The van der Waals surface area contributed by atoms with Gasteiger partial charge in [0, 0.05) is 23.1 Å². The molecule has 9 heteroatoms. The SMILES string of the molecule is COc1ccc(-c2csc(NC(=O)/C=C/c3ccccc3[N+](=O)[O-])n2)cc1Cl. The fourth-order valence-corrected chi connectivity index (χ4v) is 3.38. The predicted octanol–water partition coefficient (Wildman–Crippen LogP) is 5.03. The van der Waals surface area contributed by atoms with Gasteiger partial charge in [0.1, 0.15) is 5.75 Å². The van der Waals surface area contributed by atoms with E-state index >= 15 is 0 Å². The van der Waals surface area contributed by atoms with Gasteiger partial charge in [-0.25, -0.2) is 4.98 Å². The van der Waals surface area contributed by atoms with E-state index in [0.29, 0.717) is 27.2 Å². The number of nitro groups is 1. The van der Waals surface area contributed by atoms with Crippen molar-refractivity contribution in [3.05, 3.63) is 74.6 Å². The zero-order valence-corrected chi connectivity index (χ0v) is 16.2. The molecule has 0 aliphatic rings. The molecule has 3 aromatic rings. The first-order chi connectivity index (χ1) is 13.5. The number of rotatable bonds is 6. The summed E-state index contributed by atoms with van der Waals surface area (Å²) in [5, 5.41) is 16.3. The highest BCUT2D eigenvalue weighted by Gasteiger charge is 2.11. The minimum atomic E-state index is -0.495. The first-order valence-corrected chi connectivity index (χ1v) is 9.25. The molecule has 0 aliphatic heterocycles. The molecule has 0 radical (unpaired) electrons. The van der Waals surface area contributed by atoms with Gasteiger partial charge in [0.25, 0.3) is 5.69 Å². The Kier molecular flexibility index (Phi) is 6.03. The van der Waals surface area contributed by atoms with E-state index in [1.54, 1.807) is 35.7 Å². The normalized spacial score (nSPS) is 10.8. The molecule has 28 heavy (non-hydrogen) atoms. The summed E-state index contributed by atoms with van der Waals surface area (Å²) in [6, 6.07) is 11.5. The summed E-state index contributed by atoms with van der Waals surface area (Å²) in [5.74, 6) is 0.126. The number of nitrogens with one attached hydrogen (secondary N) is 1. The first-order valence-electron chi connectivity index (χ1n) is 8.00. The molecule has 0 saturated carbocycles. The number of para-hydroxylation sites is 1. The second kappa shape index (κ2) is 8.64. The number of benzene rings is 2. The maximum absolute atomic E-state index is 12.1. The van der Waals surface area contributed by atoms with Crippen LogP contribution in [0.1, 0.15) is 5.56 Å². The number of nitrogens with zero attached hydrogens (tertiary/aromatic N) is 2. The van der Waals surface area contributed by atoms with Crippen LogP contribution in [0.3, 0.4) is 0 Å². The zero-order chi connectivity index (χ0) is 20.1. The van der Waals surface area contributed by atoms with Crippen LogP contribution in [0.5, 0.6) is 5.75 Å². The number of hydrogen-bond acceptors (Lipinski definition) is 6. The summed E-state index contributed by atoms with van der Waals surface area (Å²) in [7, 11) is 1.54. The Morgan fingerprint density at radius 1 is 1.32 bits per heavy atom. The van der Waals surface area contributed by atoms with Crippen LogP contribution in [0.2, 0.25) is 5.02 Å². The molecule has 0 unspecified atom stereocenters.